The summed E-state index contributed by atoms with van der Waals surface area (Å²) in [6, 6.07) is 4.73. The van der Waals surface area contributed by atoms with Crippen molar-refractivity contribution in [1.82, 2.24) is 15.1 Å². The average molecular weight is 296 g/mol. The molecule has 20 heavy (non-hydrogen) atoms. The molecule has 1 aromatic heterocycles. The maximum Gasteiger partial charge on any atom is 0.143 e. The minimum atomic E-state index is -0.428. The van der Waals surface area contributed by atoms with Gasteiger partial charge in [0.1, 0.15) is 5.82 Å². The molecule has 0 spiro atoms. The Bertz CT molecular complexity index is 607. The van der Waals surface area contributed by atoms with Crippen LogP contribution in [0.1, 0.15) is 30.3 Å². The molecule has 0 radical (unpaired) electrons. The van der Waals surface area contributed by atoms with Crippen LogP contribution in [0.2, 0.25) is 5.02 Å². The van der Waals surface area contributed by atoms with Crippen LogP contribution in [0.4, 0.5) is 4.39 Å². The van der Waals surface area contributed by atoms with E-state index in [-0.39, 0.29) is 5.02 Å². The fourth-order valence-corrected chi connectivity index (χ4v) is 2.31. The molecule has 0 bridgehead atoms. The van der Waals surface area contributed by atoms with E-state index in [0.29, 0.717) is 5.69 Å². The van der Waals surface area contributed by atoms with Gasteiger partial charge in [-0.25, -0.2) is 9.07 Å². The van der Waals surface area contributed by atoms with Crippen LogP contribution < -0.4 is 5.32 Å². The molecule has 0 atom stereocenters. The molecule has 1 heterocycles. The summed E-state index contributed by atoms with van der Waals surface area (Å²) in [6.45, 7) is 7.85. The van der Waals surface area contributed by atoms with Crippen LogP contribution in [-0.4, -0.2) is 16.3 Å². The van der Waals surface area contributed by atoms with Crippen LogP contribution in [-0.2, 0) is 6.54 Å². The third-order valence-corrected chi connectivity index (χ3v) is 3.62. The molecule has 0 saturated carbocycles. The van der Waals surface area contributed by atoms with Crippen LogP contribution in [0, 0.1) is 19.7 Å². The first-order valence-corrected chi connectivity index (χ1v) is 7.13. The van der Waals surface area contributed by atoms with E-state index in [0.717, 1.165) is 36.5 Å². The molecule has 0 aliphatic rings. The lowest BCUT2D eigenvalue weighted by atomic mass is 10.2. The fourth-order valence-electron chi connectivity index (χ4n) is 2.19. The largest absolute Gasteiger partial charge is 0.313 e. The summed E-state index contributed by atoms with van der Waals surface area (Å²) in [5.74, 6) is -0.428. The number of hydrogen-bond acceptors (Lipinski definition) is 2. The fraction of sp³-hybridized carbons (Fsp3) is 0.400. The predicted molar refractivity (Wildman–Crippen MR) is 80.0 cm³/mol. The quantitative estimate of drug-likeness (QED) is 0.851. The van der Waals surface area contributed by atoms with Gasteiger partial charge in [0.2, 0.25) is 0 Å². The molecule has 0 aliphatic heterocycles. The summed E-state index contributed by atoms with van der Waals surface area (Å²) < 4.78 is 15.3. The number of aryl methyl sites for hydroxylation is 1. The van der Waals surface area contributed by atoms with Gasteiger partial charge in [0.05, 0.1) is 16.4 Å². The van der Waals surface area contributed by atoms with Gasteiger partial charge in [0.25, 0.3) is 0 Å². The summed E-state index contributed by atoms with van der Waals surface area (Å²) >= 11 is 5.71. The lowest BCUT2D eigenvalue weighted by Crippen LogP contribution is -2.15. The molecule has 108 valence electrons. The van der Waals surface area contributed by atoms with Gasteiger partial charge in [-0.15, -0.1) is 0 Å². The van der Waals surface area contributed by atoms with Gasteiger partial charge in [0.15, 0.2) is 0 Å². The SMILES string of the molecule is CCCNCc1c(C)nn(-c2ccc(Cl)c(F)c2)c1C. The molecule has 0 fully saturated rings. The third kappa shape index (κ3) is 3.02. The van der Waals surface area contributed by atoms with Gasteiger partial charge in [-0.3, -0.25) is 0 Å². The highest BCUT2D eigenvalue weighted by molar-refractivity contribution is 6.30. The van der Waals surface area contributed by atoms with Crippen molar-refractivity contribution < 1.29 is 4.39 Å². The van der Waals surface area contributed by atoms with Crippen molar-refractivity contribution >= 4 is 11.6 Å². The van der Waals surface area contributed by atoms with Crippen LogP contribution in [0.15, 0.2) is 18.2 Å². The first-order valence-electron chi connectivity index (χ1n) is 6.75. The van der Waals surface area contributed by atoms with Crippen molar-refractivity contribution in [3.63, 3.8) is 0 Å². The first-order chi connectivity index (χ1) is 9.54. The van der Waals surface area contributed by atoms with Crippen molar-refractivity contribution in [2.24, 2.45) is 0 Å². The van der Waals surface area contributed by atoms with Crippen molar-refractivity contribution in [1.29, 1.82) is 0 Å². The maximum atomic E-state index is 13.6. The highest BCUT2D eigenvalue weighted by Crippen LogP contribution is 2.21. The number of halogens is 2. The summed E-state index contributed by atoms with van der Waals surface area (Å²) in [5.41, 5.74) is 3.83. The normalized spacial score (nSPS) is 11.1. The molecule has 0 aliphatic carbocycles. The number of nitrogens with zero attached hydrogens (tertiary/aromatic N) is 2. The topological polar surface area (TPSA) is 29.9 Å². The van der Waals surface area contributed by atoms with E-state index in [4.69, 9.17) is 11.6 Å². The Morgan fingerprint density at radius 2 is 2.10 bits per heavy atom. The lowest BCUT2D eigenvalue weighted by molar-refractivity contribution is 0.625. The van der Waals surface area contributed by atoms with E-state index in [1.165, 1.54) is 6.07 Å². The third-order valence-electron chi connectivity index (χ3n) is 3.32. The van der Waals surface area contributed by atoms with Gasteiger partial charge in [0, 0.05) is 23.9 Å². The minimum absolute atomic E-state index is 0.125. The second kappa shape index (κ2) is 6.37. The molecular formula is C15H19ClFN3. The summed E-state index contributed by atoms with van der Waals surface area (Å²) in [4.78, 5) is 0. The van der Waals surface area contributed by atoms with E-state index in [1.807, 2.05) is 13.8 Å². The second-order valence-corrected chi connectivity index (χ2v) is 5.24. The van der Waals surface area contributed by atoms with Crippen molar-refractivity contribution in [3.8, 4) is 5.69 Å². The van der Waals surface area contributed by atoms with E-state index >= 15 is 0 Å². The van der Waals surface area contributed by atoms with Crippen LogP contribution in [0.25, 0.3) is 5.69 Å². The number of nitrogens with one attached hydrogen (secondary N) is 1. The highest BCUT2D eigenvalue weighted by Gasteiger charge is 2.13. The first kappa shape index (κ1) is 15.0. The molecule has 0 amide bonds. The zero-order chi connectivity index (χ0) is 14.7. The zero-order valence-corrected chi connectivity index (χ0v) is 12.8. The number of benzene rings is 1. The Labute approximate surface area is 123 Å². The van der Waals surface area contributed by atoms with E-state index in [2.05, 4.69) is 17.3 Å². The van der Waals surface area contributed by atoms with E-state index < -0.39 is 5.82 Å². The highest BCUT2D eigenvalue weighted by atomic mass is 35.5. The summed E-state index contributed by atoms with van der Waals surface area (Å²) in [7, 11) is 0. The Morgan fingerprint density at radius 3 is 2.75 bits per heavy atom. The molecule has 5 heteroatoms. The average Bonchev–Trinajstić information content (AvgIpc) is 2.70. The second-order valence-electron chi connectivity index (χ2n) is 4.84. The molecule has 0 saturated heterocycles. The number of rotatable bonds is 5. The van der Waals surface area contributed by atoms with Crippen LogP contribution in [0.5, 0.6) is 0 Å². The van der Waals surface area contributed by atoms with Crippen molar-refractivity contribution in [2.45, 2.75) is 33.7 Å². The van der Waals surface area contributed by atoms with E-state index in [1.54, 1.807) is 16.8 Å². The molecule has 1 N–H and O–H groups in total. The lowest BCUT2D eigenvalue weighted by Gasteiger charge is -2.07. The number of hydrogen-bond donors (Lipinski definition) is 1. The zero-order valence-electron chi connectivity index (χ0n) is 12.0. The molecule has 1 aromatic carbocycles. The number of aromatic nitrogens is 2. The predicted octanol–water partition coefficient (Wildman–Crippen LogP) is 3.78. The van der Waals surface area contributed by atoms with Gasteiger partial charge in [-0.05, 0) is 38.9 Å². The van der Waals surface area contributed by atoms with Gasteiger partial charge in [-0.1, -0.05) is 18.5 Å². The molecule has 3 nitrogen and oxygen atoms in total. The van der Waals surface area contributed by atoms with Gasteiger partial charge >= 0.3 is 0 Å². The molecule has 2 aromatic rings. The maximum absolute atomic E-state index is 13.6. The Hall–Kier alpha value is -1.39. The monoisotopic (exact) mass is 295 g/mol. The Morgan fingerprint density at radius 1 is 1.35 bits per heavy atom. The van der Waals surface area contributed by atoms with Crippen LogP contribution >= 0.6 is 11.6 Å². The molecule has 2 rings (SSSR count). The van der Waals surface area contributed by atoms with E-state index in [9.17, 15) is 4.39 Å². The van der Waals surface area contributed by atoms with Crippen molar-refractivity contribution in [3.05, 3.63) is 46.0 Å². The molecular weight excluding hydrogens is 277 g/mol. The minimum Gasteiger partial charge on any atom is -0.313 e. The van der Waals surface area contributed by atoms with Crippen molar-refractivity contribution in [2.75, 3.05) is 6.54 Å². The Balaban J connectivity index is 2.33. The Kier molecular flexibility index (Phi) is 4.78. The molecule has 0 unspecified atom stereocenters. The van der Waals surface area contributed by atoms with Crippen LogP contribution in [0.3, 0.4) is 0 Å². The summed E-state index contributed by atoms with van der Waals surface area (Å²) in [5, 5.41) is 7.99. The van der Waals surface area contributed by atoms with Gasteiger partial charge < -0.3 is 5.32 Å². The summed E-state index contributed by atoms with van der Waals surface area (Å²) in [6.07, 6.45) is 1.09. The standard InChI is InChI=1S/C15H19ClFN3/c1-4-7-18-9-13-10(2)19-20(11(13)3)12-5-6-14(16)15(17)8-12/h5-6,8,18H,4,7,9H2,1-3H3. The smallest absolute Gasteiger partial charge is 0.143 e. The van der Waals surface area contributed by atoms with Gasteiger partial charge in [-0.2, -0.15) is 5.10 Å².